The Kier molecular flexibility index (Phi) is 21.7. The molecule has 3 heteroatoms. The molecule has 0 amide bonds. The van der Waals surface area contributed by atoms with Crippen molar-refractivity contribution in [2.24, 2.45) is 0 Å². The van der Waals surface area contributed by atoms with Crippen molar-refractivity contribution in [1.29, 1.82) is 0 Å². The van der Waals surface area contributed by atoms with E-state index in [0.717, 1.165) is 44.9 Å². The van der Waals surface area contributed by atoms with E-state index in [9.17, 15) is 0 Å². The van der Waals surface area contributed by atoms with Crippen molar-refractivity contribution in [3.63, 3.8) is 0 Å². The normalized spacial score (nSPS) is 11.9. The molecular formula is C63H83P3. The average Bonchev–Trinajstić information content (AvgIpc) is 3.37. The molecule has 66 heavy (non-hydrogen) atoms. The van der Waals surface area contributed by atoms with E-state index in [-0.39, 0.29) is 4.64 Å². The molecular weight excluding hydrogens is 850 g/mol. The van der Waals surface area contributed by atoms with Crippen molar-refractivity contribution < 1.29 is 0 Å². The van der Waals surface area contributed by atoms with Gasteiger partial charge in [-0.15, -0.1) is 0 Å². The van der Waals surface area contributed by atoms with Crippen molar-refractivity contribution in [1.82, 2.24) is 0 Å². The molecule has 350 valence electrons. The summed E-state index contributed by atoms with van der Waals surface area (Å²) in [6.45, 7) is 16.5. The van der Waals surface area contributed by atoms with Gasteiger partial charge in [0.15, 0.2) is 0 Å². The van der Waals surface area contributed by atoms with Gasteiger partial charge in [-0.2, -0.15) is 0 Å². The summed E-state index contributed by atoms with van der Waals surface area (Å²) in [6.07, 6.45) is 22.6. The molecule has 0 aromatic heterocycles. The van der Waals surface area contributed by atoms with Gasteiger partial charge in [0.25, 0.3) is 0 Å². The standard InChI is InChI=1S/C63H83P3/c1-8-15-21-51-27-39-57(40-28-51)64(58-41-29-52(30-42-58)22-16-9-2)63(14-7,65(59-43-31-53(32-44-59)23-17-10-3)60-45-33-54(34-46-60)24-18-11-4)66(61-47-35-55(36-48-61)25-19-12-5)62-49-37-56(38-50-62)26-20-13-6/h27-50H,8-26H2,1-7H3. The molecule has 0 N–H and O–H groups in total. The zero-order valence-electron chi connectivity index (χ0n) is 42.1. The number of rotatable bonds is 28. The van der Waals surface area contributed by atoms with Gasteiger partial charge in [-0.25, -0.2) is 0 Å². The van der Waals surface area contributed by atoms with Gasteiger partial charge in [0.05, 0.1) is 4.64 Å². The zero-order valence-corrected chi connectivity index (χ0v) is 44.8. The fourth-order valence-electron chi connectivity index (χ4n) is 9.62. The Morgan fingerprint density at radius 3 is 0.515 bits per heavy atom. The lowest BCUT2D eigenvalue weighted by molar-refractivity contribution is 0.795. The number of aryl methyl sites for hydroxylation is 6. The Bertz CT molecular complexity index is 1830. The molecule has 0 aliphatic carbocycles. The summed E-state index contributed by atoms with van der Waals surface area (Å²) in [5, 5.41) is 9.12. The van der Waals surface area contributed by atoms with Crippen LogP contribution in [0.25, 0.3) is 0 Å². The van der Waals surface area contributed by atoms with Crippen LogP contribution in [0.3, 0.4) is 0 Å². The highest BCUT2D eigenvalue weighted by Gasteiger charge is 2.53. The van der Waals surface area contributed by atoms with Crippen molar-refractivity contribution in [2.45, 2.75) is 175 Å². The van der Waals surface area contributed by atoms with Gasteiger partial charge in [-0.1, -0.05) is 233 Å². The van der Waals surface area contributed by atoms with Crippen LogP contribution in [-0.4, -0.2) is 4.64 Å². The minimum Gasteiger partial charge on any atom is -0.0654 e. The minimum atomic E-state index is -0.933. The maximum atomic E-state index is 2.59. The Balaban J connectivity index is 1.74. The molecule has 0 atom stereocenters. The summed E-state index contributed by atoms with van der Waals surface area (Å²) in [7, 11) is -2.80. The molecule has 0 heterocycles. The van der Waals surface area contributed by atoms with Crippen LogP contribution in [0.15, 0.2) is 146 Å². The van der Waals surface area contributed by atoms with Crippen LogP contribution in [0, 0.1) is 0 Å². The Morgan fingerprint density at radius 2 is 0.394 bits per heavy atom. The maximum absolute atomic E-state index is 2.59. The monoisotopic (exact) mass is 933 g/mol. The van der Waals surface area contributed by atoms with Gasteiger partial charge in [0.1, 0.15) is 0 Å². The first-order valence-corrected chi connectivity index (χ1v) is 30.4. The largest absolute Gasteiger partial charge is 0.0654 e. The first-order chi connectivity index (χ1) is 32.4. The molecule has 0 fully saturated rings. The Morgan fingerprint density at radius 1 is 0.242 bits per heavy atom. The molecule has 0 saturated heterocycles. The van der Waals surface area contributed by atoms with Crippen molar-refractivity contribution in [3.8, 4) is 0 Å². The van der Waals surface area contributed by atoms with Crippen LogP contribution in [0.5, 0.6) is 0 Å². The van der Waals surface area contributed by atoms with Gasteiger partial charge >= 0.3 is 0 Å². The second-order valence-corrected chi connectivity index (χ2v) is 27.2. The number of hydrogen-bond donors (Lipinski definition) is 0. The van der Waals surface area contributed by atoms with E-state index in [0.29, 0.717) is 0 Å². The third kappa shape index (κ3) is 13.7. The molecule has 0 unspecified atom stereocenters. The predicted octanol–water partition coefficient (Wildman–Crippen LogP) is 16.5. The van der Waals surface area contributed by atoms with Crippen molar-refractivity contribution in [2.75, 3.05) is 0 Å². The SMILES string of the molecule is CCCCc1ccc(P(c2ccc(CCCC)cc2)C(CC)(P(c2ccc(CCCC)cc2)c2ccc(CCCC)cc2)P(c2ccc(CCCC)cc2)c2ccc(CCCC)cc2)cc1. The summed E-state index contributed by atoms with van der Waals surface area (Å²) >= 11 is 0. The Hall–Kier alpha value is -3.39. The van der Waals surface area contributed by atoms with Crippen LogP contribution < -0.4 is 31.8 Å². The Labute approximate surface area is 407 Å². The van der Waals surface area contributed by atoms with Gasteiger partial charge in [-0.3, -0.25) is 0 Å². The minimum absolute atomic E-state index is 0.151. The molecule has 0 bridgehead atoms. The summed E-state index contributed by atoms with van der Waals surface area (Å²) < 4.78 is -0.151. The van der Waals surface area contributed by atoms with E-state index in [4.69, 9.17) is 0 Å². The van der Waals surface area contributed by atoms with Gasteiger partial charge < -0.3 is 0 Å². The highest BCUT2D eigenvalue weighted by molar-refractivity contribution is 8.05. The lowest BCUT2D eigenvalue weighted by atomic mass is 10.1. The molecule has 0 aliphatic heterocycles. The molecule has 0 saturated carbocycles. The lowest BCUT2D eigenvalue weighted by Crippen LogP contribution is -2.42. The lowest BCUT2D eigenvalue weighted by Gasteiger charge is -2.52. The van der Waals surface area contributed by atoms with Crippen LogP contribution in [-0.2, 0) is 38.5 Å². The summed E-state index contributed by atoms with van der Waals surface area (Å²) in [6, 6.07) is 60.9. The molecule has 0 nitrogen and oxygen atoms in total. The summed E-state index contributed by atoms with van der Waals surface area (Å²) in [5.74, 6) is 0. The smallest absolute Gasteiger partial charge is 0.0543 e. The molecule has 6 rings (SSSR count). The van der Waals surface area contributed by atoms with Crippen LogP contribution >= 0.6 is 23.8 Å². The van der Waals surface area contributed by atoms with Gasteiger partial charge in [0.2, 0.25) is 0 Å². The van der Waals surface area contributed by atoms with E-state index < -0.39 is 23.8 Å². The first-order valence-electron chi connectivity index (χ1n) is 26.4. The zero-order chi connectivity index (χ0) is 46.6. The fourth-order valence-corrected chi connectivity index (χ4v) is 23.2. The number of benzene rings is 6. The third-order valence-electron chi connectivity index (χ3n) is 13.6. The molecule has 6 aromatic carbocycles. The van der Waals surface area contributed by atoms with E-state index in [1.54, 1.807) is 0 Å². The topological polar surface area (TPSA) is 0 Å². The van der Waals surface area contributed by atoms with Gasteiger partial charge in [0, 0.05) is 0 Å². The molecule has 0 radical (unpaired) electrons. The van der Waals surface area contributed by atoms with Crippen LogP contribution in [0.1, 0.15) is 165 Å². The second-order valence-electron chi connectivity index (χ2n) is 18.8. The third-order valence-corrected chi connectivity index (χ3v) is 25.2. The van der Waals surface area contributed by atoms with Crippen molar-refractivity contribution in [3.05, 3.63) is 179 Å². The number of hydrogen-bond acceptors (Lipinski definition) is 0. The predicted molar refractivity (Wildman–Crippen MR) is 302 cm³/mol. The summed E-state index contributed by atoms with van der Waals surface area (Å²) in [4.78, 5) is 0. The van der Waals surface area contributed by atoms with Crippen molar-refractivity contribution >= 4 is 55.6 Å². The van der Waals surface area contributed by atoms with E-state index in [2.05, 4.69) is 194 Å². The van der Waals surface area contributed by atoms with Crippen LogP contribution in [0.4, 0.5) is 0 Å². The summed E-state index contributed by atoms with van der Waals surface area (Å²) in [5.41, 5.74) is 8.79. The molecule has 0 spiro atoms. The highest BCUT2D eigenvalue weighted by Crippen LogP contribution is 2.79. The highest BCUT2D eigenvalue weighted by atomic mass is 31.2. The quantitative estimate of drug-likeness (QED) is 0.0430. The number of unbranched alkanes of at least 4 members (excludes halogenated alkanes) is 6. The molecule has 0 aliphatic rings. The molecule has 6 aromatic rings. The average molecular weight is 933 g/mol. The fraction of sp³-hybridized carbons (Fsp3) is 0.429. The first kappa shape index (κ1) is 52.0. The van der Waals surface area contributed by atoms with E-state index in [1.165, 1.54) is 142 Å². The van der Waals surface area contributed by atoms with Gasteiger partial charge in [-0.05, 0) is 172 Å². The van der Waals surface area contributed by atoms with Crippen LogP contribution in [0.2, 0.25) is 0 Å². The van der Waals surface area contributed by atoms with E-state index in [1.807, 2.05) is 0 Å². The maximum Gasteiger partial charge on any atom is 0.0543 e. The van der Waals surface area contributed by atoms with E-state index >= 15 is 0 Å². The second kappa shape index (κ2) is 27.6.